The molecule has 0 bridgehead atoms. The van der Waals surface area contributed by atoms with Crippen LogP contribution in [0.3, 0.4) is 0 Å². The molecular formula is C12H21N3OS. The minimum Gasteiger partial charge on any atom is -0.394 e. The van der Waals surface area contributed by atoms with Crippen LogP contribution in [0, 0.1) is 13.8 Å². The molecule has 0 saturated carbocycles. The minimum atomic E-state index is -0.277. The van der Waals surface area contributed by atoms with E-state index in [0.29, 0.717) is 0 Å². The molecule has 0 aliphatic heterocycles. The van der Waals surface area contributed by atoms with Gasteiger partial charge in [-0.1, -0.05) is 18.7 Å². The zero-order valence-electron chi connectivity index (χ0n) is 10.9. The maximum atomic E-state index is 9.39. The highest BCUT2D eigenvalue weighted by Crippen LogP contribution is 2.19. The molecule has 0 fully saturated rings. The van der Waals surface area contributed by atoms with E-state index >= 15 is 0 Å². The number of aliphatic hydroxyl groups is 1. The third-order valence-corrected chi connectivity index (χ3v) is 3.66. The fourth-order valence-electron chi connectivity index (χ4n) is 1.56. The van der Waals surface area contributed by atoms with Crippen molar-refractivity contribution in [3.8, 4) is 0 Å². The Balaban J connectivity index is 2.65. The first kappa shape index (κ1) is 14.4. The molecule has 0 saturated heterocycles. The smallest absolute Gasteiger partial charge is 0.188 e. The SMILES string of the molecule is CCNC(C)(CO)CSc1nc(C)cc(C)n1. The maximum Gasteiger partial charge on any atom is 0.188 e. The van der Waals surface area contributed by atoms with E-state index in [1.165, 1.54) is 0 Å². The van der Waals surface area contributed by atoms with Crippen molar-refractivity contribution in [2.45, 2.75) is 38.4 Å². The molecule has 1 aromatic rings. The van der Waals surface area contributed by atoms with Crippen LogP contribution >= 0.6 is 11.8 Å². The predicted molar refractivity (Wildman–Crippen MR) is 71.4 cm³/mol. The lowest BCUT2D eigenvalue weighted by molar-refractivity contribution is 0.194. The van der Waals surface area contributed by atoms with Crippen LogP contribution in [-0.4, -0.2) is 39.5 Å². The van der Waals surface area contributed by atoms with Crippen LogP contribution in [0.2, 0.25) is 0 Å². The lowest BCUT2D eigenvalue weighted by atomic mass is 10.1. The quantitative estimate of drug-likeness (QED) is 0.596. The van der Waals surface area contributed by atoms with Crippen LogP contribution in [0.25, 0.3) is 0 Å². The minimum absolute atomic E-state index is 0.110. The molecule has 5 heteroatoms. The molecule has 0 amide bonds. The second-order valence-corrected chi connectivity index (χ2v) is 5.41. The van der Waals surface area contributed by atoms with Crippen LogP contribution < -0.4 is 5.32 Å². The topological polar surface area (TPSA) is 58.0 Å². The van der Waals surface area contributed by atoms with Crippen molar-refractivity contribution in [2.75, 3.05) is 18.9 Å². The lowest BCUT2D eigenvalue weighted by Crippen LogP contribution is -2.47. The second kappa shape index (κ2) is 6.33. The van der Waals surface area contributed by atoms with Crippen molar-refractivity contribution in [3.63, 3.8) is 0 Å². The Bertz CT molecular complexity index is 353. The Kier molecular flexibility index (Phi) is 5.36. The average Bonchev–Trinajstić information content (AvgIpc) is 2.26. The third-order valence-electron chi connectivity index (χ3n) is 2.43. The summed E-state index contributed by atoms with van der Waals surface area (Å²) < 4.78 is 0. The zero-order chi connectivity index (χ0) is 12.9. The van der Waals surface area contributed by atoms with Gasteiger partial charge in [0, 0.05) is 22.7 Å². The highest BCUT2D eigenvalue weighted by Gasteiger charge is 2.22. The van der Waals surface area contributed by atoms with E-state index in [0.717, 1.165) is 28.8 Å². The zero-order valence-corrected chi connectivity index (χ0v) is 11.8. The van der Waals surface area contributed by atoms with Crippen molar-refractivity contribution in [1.29, 1.82) is 0 Å². The molecule has 4 nitrogen and oxygen atoms in total. The van der Waals surface area contributed by atoms with Gasteiger partial charge in [-0.3, -0.25) is 0 Å². The Morgan fingerprint density at radius 1 is 1.35 bits per heavy atom. The van der Waals surface area contributed by atoms with Crippen molar-refractivity contribution in [1.82, 2.24) is 15.3 Å². The Hall–Kier alpha value is -0.650. The van der Waals surface area contributed by atoms with Crippen LogP contribution in [-0.2, 0) is 0 Å². The fraction of sp³-hybridized carbons (Fsp3) is 0.667. The van der Waals surface area contributed by atoms with E-state index in [9.17, 15) is 5.11 Å². The van der Waals surface area contributed by atoms with Gasteiger partial charge >= 0.3 is 0 Å². The third kappa shape index (κ3) is 4.61. The first-order chi connectivity index (χ1) is 7.99. The van der Waals surface area contributed by atoms with Gasteiger partial charge in [0.25, 0.3) is 0 Å². The van der Waals surface area contributed by atoms with Gasteiger partial charge in [-0.15, -0.1) is 0 Å². The van der Waals surface area contributed by atoms with Crippen LogP contribution in [0.1, 0.15) is 25.2 Å². The maximum absolute atomic E-state index is 9.39. The summed E-state index contributed by atoms with van der Waals surface area (Å²) in [5, 5.41) is 13.4. The average molecular weight is 255 g/mol. The molecular weight excluding hydrogens is 234 g/mol. The molecule has 0 spiro atoms. The Morgan fingerprint density at radius 2 is 1.94 bits per heavy atom. The molecule has 1 aromatic heterocycles. The number of aryl methyl sites for hydroxylation is 2. The highest BCUT2D eigenvalue weighted by molar-refractivity contribution is 7.99. The molecule has 0 radical (unpaired) electrons. The fourth-order valence-corrected chi connectivity index (χ4v) is 2.62. The van der Waals surface area contributed by atoms with Gasteiger partial charge < -0.3 is 10.4 Å². The molecule has 1 heterocycles. The summed E-state index contributed by atoms with van der Waals surface area (Å²) in [6, 6.07) is 1.96. The Labute approximate surface area is 107 Å². The number of nitrogens with zero attached hydrogens (tertiary/aromatic N) is 2. The summed E-state index contributed by atoms with van der Waals surface area (Å²) in [4.78, 5) is 8.75. The summed E-state index contributed by atoms with van der Waals surface area (Å²) in [6.07, 6.45) is 0. The van der Waals surface area contributed by atoms with E-state index in [1.54, 1.807) is 11.8 Å². The summed E-state index contributed by atoms with van der Waals surface area (Å²) >= 11 is 1.58. The van der Waals surface area contributed by atoms with Gasteiger partial charge in [0.2, 0.25) is 0 Å². The van der Waals surface area contributed by atoms with Crippen LogP contribution in [0.15, 0.2) is 11.2 Å². The van der Waals surface area contributed by atoms with Crippen molar-refractivity contribution < 1.29 is 5.11 Å². The van der Waals surface area contributed by atoms with E-state index in [1.807, 2.05) is 33.8 Å². The molecule has 0 aromatic carbocycles. The first-order valence-electron chi connectivity index (χ1n) is 5.80. The number of nitrogens with one attached hydrogen (secondary N) is 1. The van der Waals surface area contributed by atoms with Gasteiger partial charge in [-0.25, -0.2) is 9.97 Å². The summed E-state index contributed by atoms with van der Waals surface area (Å²) in [5.74, 6) is 0.750. The standard InChI is InChI=1S/C12H21N3OS/c1-5-13-12(4,7-16)8-17-11-14-9(2)6-10(3)15-11/h6,13,16H,5,7-8H2,1-4H3. The predicted octanol–water partition coefficient (Wildman–Crippen LogP) is 1.55. The largest absolute Gasteiger partial charge is 0.394 e. The molecule has 0 aliphatic carbocycles. The second-order valence-electron chi connectivity index (χ2n) is 4.47. The number of thioether (sulfide) groups is 1. The monoisotopic (exact) mass is 255 g/mol. The summed E-state index contributed by atoms with van der Waals surface area (Å²) in [5.41, 5.74) is 1.68. The van der Waals surface area contributed by atoms with Gasteiger partial charge in [-0.05, 0) is 33.4 Å². The van der Waals surface area contributed by atoms with Crippen molar-refractivity contribution in [2.24, 2.45) is 0 Å². The molecule has 1 atom stereocenters. The van der Waals surface area contributed by atoms with Crippen molar-refractivity contribution >= 4 is 11.8 Å². The summed E-state index contributed by atoms with van der Waals surface area (Å²) in [6.45, 7) is 8.92. The number of likely N-dealkylation sites (N-methyl/N-ethyl adjacent to an activating group) is 1. The molecule has 1 rings (SSSR count). The number of hydrogen-bond acceptors (Lipinski definition) is 5. The van der Waals surface area contributed by atoms with Gasteiger partial charge in [-0.2, -0.15) is 0 Å². The molecule has 0 aliphatic rings. The van der Waals surface area contributed by atoms with E-state index in [4.69, 9.17) is 0 Å². The first-order valence-corrected chi connectivity index (χ1v) is 6.78. The molecule has 96 valence electrons. The van der Waals surface area contributed by atoms with E-state index < -0.39 is 0 Å². The Morgan fingerprint density at radius 3 is 2.41 bits per heavy atom. The number of hydrogen-bond donors (Lipinski definition) is 2. The van der Waals surface area contributed by atoms with E-state index in [-0.39, 0.29) is 12.1 Å². The summed E-state index contributed by atoms with van der Waals surface area (Å²) in [7, 11) is 0. The van der Waals surface area contributed by atoms with Crippen molar-refractivity contribution in [3.05, 3.63) is 17.5 Å². The molecule has 17 heavy (non-hydrogen) atoms. The normalized spacial score (nSPS) is 14.6. The molecule has 1 unspecified atom stereocenters. The van der Waals surface area contributed by atoms with Gasteiger partial charge in [0.1, 0.15) is 0 Å². The van der Waals surface area contributed by atoms with Crippen LogP contribution in [0.4, 0.5) is 0 Å². The van der Waals surface area contributed by atoms with Gasteiger partial charge in [0.05, 0.1) is 6.61 Å². The molecule has 2 N–H and O–H groups in total. The number of rotatable bonds is 6. The lowest BCUT2D eigenvalue weighted by Gasteiger charge is -2.27. The van der Waals surface area contributed by atoms with Gasteiger partial charge in [0.15, 0.2) is 5.16 Å². The number of aromatic nitrogens is 2. The van der Waals surface area contributed by atoms with E-state index in [2.05, 4.69) is 15.3 Å². The van der Waals surface area contributed by atoms with Crippen LogP contribution in [0.5, 0.6) is 0 Å². The highest BCUT2D eigenvalue weighted by atomic mass is 32.2. The number of aliphatic hydroxyl groups excluding tert-OH is 1.